The Balaban J connectivity index is 1.73. The predicted molar refractivity (Wildman–Crippen MR) is 111 cm³/mol. The maximum atomic E-state index is 12.6. The molecule has 0 radical (unpaired) electrons. The summed E-state index contributed by atoms with van der Waals surface area (Å²) in [5.74, 6) is 0.596. The summed E-state index contributed by atoms with van der Waals surface area (Å²) in [5, 5.41) is 3.37. The summed E-state index contributed by atoms with van der Waals surface area (Å²) in [4.78, 5) is 26.0. The Morgan fingerprint density at radius 1 is 0.929 bits per heavy atom. The van der Waals surface area contributed by atoms with Gasteiger partial charge in [-0.15, -0.1) is 0 Å². The molecule has 142 valence electrons. The SMILES string of the molecule is CC(=O)N(CC(=O)Nc1ccccc1Oc1ccccc1)c1ccc(Cl)cc1. The van der Waals surface area contributed by atoms with Crippen molar-refractivity contribution in [3.8, 4) is 11.5 Å². The van der Waals surface area contributed by atoms with E-state index in [1.54, 1.807) is 42.5 Å². The molecule has 0 saturated carbocycles. The van der Waals surface area contributed by atoms with Crippen molar-refractivity contribution in [2.75, 3.05) is 16.8 Å². The highest BCUT2D eigenvalue weighted by Crippen LogP contribution is 2.29. The summed E-state index contributed by atoms with van der Waals surface area (Å²) in [7, 11) is 0. The second-order valence-electron chi connectivity index (χ2n) is 6.04. The van der Waals surface area contributed by atoms with Crippen molar-refractivity contribution < 1.29 is 14.3 Å². The third kappa shape index (κ3) is 5.11. The highest BCUT2D eigenvalue weighted by molar-refractivity contribution is 6.30. The zero-order valence-electron chi connectivity index (χ0n) is 15.3. The number of nitrogens with one attached hydrogen (secondary N) is 1. The van der Waals surface area contributed by atoms with Crippen molar-refractivity contribution in [2.24, 2.45) is 0 Å². The van der Waals surface area contributed by atoms with Crippen LogP contribution in [-0.2, 0) is 9.59 Å². The predicted octanol–water partition coefficient (Wildman–Crippen LogP) is 5.12. The molecule has 5 nitrogen and oxygen atoms in total. The summed E-state index contributed by atoms with van der Waals surface area (Å²) >= 11 is 5.90. The van der Waals surface area contributed by atoms with Gasteiger partial charge in [-0.25, -0.2) is 0 Å². The molecule has 1 N–H and O–H groups in total. The molecule has 0 fully saturated rings. The minimum Gasteiger partial charge on any atom is -0.455 e. The Kier molecular flexibility index (Phi) is 6.29. The van der Waals surface area contributed by atoms with Gasteiger partial charge in [-0.3, -0.25) is 9.59 Å². The lowest BCUT2D eigenvalue weighted by Gasteiger charge is -2.21. The molecule has 0 aliphatic carbocycles. The first-order valence-electron chi connectivity index (χ1n) is 8.68. The minimum atomic E-state index is -0.339. The number of anilines is 2. The fourth-order valence-electron chi connectivity index (χ4n) is 2.61. The van der Waals surface area contributed by atoms with Crippen LogP contribution in [0.25, 0.3) is 0 Å². The lowest BCUT2D eigenvalue weighted by atomic mass is 10.2. The molecule has 0 aliphatic rings. The standard InChI is InChI=1S/C22H19ClN2O3/c1-16(26)25(18-13-11-17(23)12-14-18)15-22(27)24-20-9-5-6-10-21(20)28-19-7-3-2-4-8-19/h2-14H,15H2,1H3,(H,24,27). The minimum absolute atomic E-state index is 0.128. The van der Waals surface area contributed by atoms with Gasteiger partial charge < -0.3 is 15.0 Å². The largest absolute Gasteiger partial charge is 0.455 e. The first-order chi connectivity index (χ1) is 13.5. The Morgan fingerprint density at radius 3 is 2.25 bits per heavy atom. The number of para-hydroxylation sites is 3. The summed E-state index contributed by atoms with van der Waals surface area (Å²) in [6.45, 7) is 1.28. The van der Waals surface area contributed by atoms with Crippen LogP contribution >= 0.6 is 11.6 Å². The topological polar surface area (TPSA) is 58.6 Å². The number of carbonyl (C=O) groups excluding carboxylic acids is 2. The van der Waals surface area contributed by atoms with E-state index in [4.69, 9.17) is 16.3 Å². The second kappa shape index (κ2) is 9.06. The fourth-order valence-corrected chi connectivity index (χ4v) is 2.74. The monoisotopic (exact) mass is 394 g/mol. The zero-order valence-corrected chi connectivity index (χ0v) is 16.0. The molecule has 3 aromatic carbocycles. The Morgan fingerprint density at radius 2 is 1.57 bits per heavy atom. The number of hydrogen-bond donors (Lipinski definition) is 1. The van der Waals surface area contributed by atoms with E-state index in [0.29, 0.717) is 27.9 Å². The molecule has 0 heterocycles. The Labute approximate surface area is 168 Å². The van der Waals surface area contributed by atoms with Gasteiger partial charge in [0.1, 0.15) is 12.3 Å². The van der Waals surface area contributed by atoms with E-state index in [1.807, 2.05) is 36.4 Å². The van der Waals surface area contributed by atoms with Gasteiger partial charge in [-0.2, -0.15) is 0 Å². The maximum Gasteiger partial charge on any atom is 0.244 e. The molecule has 0 unspecified atom stereocenters. The molecule has 0 aromatic heterocycles. The smallest absolute Gasteiger partial charge is 0.244 e. The van der Waals surface area contributed by atoms with E-state index in [1.165, 1.54) is 11.8 Å². The van der Waals surface area contributed by atoms with Gasteiger partial charge in [-0.1, -0.05) is 41.9 Å². The van der Waals surface area contributed by atoms with Crippen LogP contribution in [0.1, 0.15) is 6.92 Å². The van der Waals surface area contributed by atoms with E-state index in [9.17, 15) is 9.59 Å². The number of rotatable bonds is 6. The average Bonchev–Trinajstić information content (AvgIpc) is 2.69. The fraction of sp³-hybridized carbons (Fsp3) is 0.0909. The normalized spacial score (nSPS) is 10.2. The van der Waals surface area contributed by atoms with Crippen molar-refractivity contribution in [1.29, 1.82) is 0 Å². The quantitative estimate of drug-likeness (QED) is 0.631. The van der Waals surface area contributed by atoms with Gasteiger partial charge in [0.25, 0.3) is 0 Å². The summed E-state index contributed by atoms with van der Waals surface area (Å²) in [6, 6.07) is 23.2. The lowest BCUT2D eigenvalue weighted by Crippen LogP contribution is -2.36. The summed E-state index contributed by atoms with van der Waals surface area (Å²) in [6.07, 6.45) is 0. The summed E-state index contributed by atoms with van der Waals surface area (Å²) < 4.78 is 5.85. The number of amides is 2. The molecule has 3 rings (SSSR count). The molecular weight excluding hydrogens is 376 g/mol. The van der Waals surface area contributed by atoms with Gasteiger partial charge >= 0.3 is 0 Å². The van der Waals surface area contributed by atoms with E-state index in [-0.39, 0.29) is 18.4 Å². The van der Waals surface area contributed by atoms with E-state index >= 15 is 0 Å². The van der Waals surface area contributed by atoms with Crippen LogP contribution in [0.2, 0.25) is 5.02 Å². The van der Waals surface area contributed by atoms with E-state index < -0.39 is 0 Å². The van der Waals surface area contributed by atoms with Gasteiger partial charge in [-0.05, 0) is 48.5 Å². The molecule has 0 spiro atoms. The maximum absolute atomic E-state index is 12.6. The van der Waals surface area contributed by atoms with Gasteiger partial charge in [0, 0.05) is 17.6 Å². The van der Waals surface area contributed by atoms with Crippen molar-refractivity contribution in [3.05, 3.63) is 83.9 Å². The first kappa shape index (κ1) is 19.5. The third-order valence-corrected chi connectivity index (χ3v) is 4.20. The highest BCUT2D eigenvalue weighted by Gasteiger charge is 2.17. The van der Waals surface area contributed by atoms with Gasteiger partial charge in [0.05, 0.1) is 5.69 Å². The molecule has 0 bridgehead atoms. The zero-order chi connectivity index (χ0) is 19.9. The van der Waals surface area contributed by atoms with Gasteiger partial charge in [0.15, 0.2) is 5.75 Å². The molecular formula is C22H19ClN2O3. The van der Waals surface area contributed by atoms with Crippen LogP contribution in [0, 0.1) is 0 Å². The van der Waals surface area contributed by atoms with Crippen LogP contribution in [0.4, 0.5) is 11.4 Å². The highest BCUT2D eigenvalue weighted by atomic mass is 35.5. The Hall–Kier alpha value is -3.31. The molecule has 0 saturated heterocycles. The van der Waals surface area contributed by atoms with Crippen LogP contribution in [0.15, 0.2) is 78.9 Å². The van der Waals surface area contributed by atoms with Crippen LogP contribution in [0.3, 0.4) is 0 Å². The third-order valence-electron chi connectivity index (χ3n) is 3.95. The second-order valence-corrected chi connectivity index (χ2v) is 6.48. The van der Waals surface area contributed by atoms with Gasteiger partial charge in [0.2, 0.25) is 11.8 Å². The van der Waals surface area contributed by atoms with Crippen LogP contribution in [-0.4, -0.2) is 18.4 Å². The number of carbonyl (C=O) groups is 2. The summed E-state index contributed by atoms with van der Waals surface area (Å²) in [5.41, 5.74) is 1.12. The first-order valence-corrected chi connectivity index (χ1v) is 9.06. The molecule has 28 heavy (non-hydrogen) atoms. The number of halogens is 1. The average molecular weight is 395 g/mol. The number of nitrogens with zero attached hydrogens (tertiary/aromatic N) is 1. The molecule has 2 amide bonds. The van der Waals surface area contributed by atoms with Crippen molar-refractivity contribution >= 4 is 34.8 Å². The Bertz CT molecular complexity index is 959. The number of ether oxygens (including phenoxy) is 1. The van der Waals surface area contributed by atoms with Crippen molar-refractivity contribution in [2.45, 2.75) is 6.92 Å². The molecule has 0 atom stereocenters. The lowest BCUT2D eigenvalue weighted by molar-refractivity contribution is -0.120. The van der Waals surface area contributed by atoms with Crippen LogP contribution < -0.4 is 15.0 Å². The van der Waals surface area contributed by atoms with Crippen molar-refractivity contribution in [1.82, 2.24) is 0 Å². The molecule has 0 aliphatic heterocycles. The van der Waals surface area contributed by atoms with E-state index in [0.717, 1.165) is 0 Å². The van der Waals surface area contributed by atoms with Crippen LogP contribution in [0.5, 0.6) is 11.5 Å². The number of hydrogen-bond acceptors (Lipinski definition) is 3. The molecule has 3 aromatic rings. The number of benzene rings is 3. The molecule has 6 heteroatoms. The van der Waals surface area contributed by atoms with E-state index in [2.05, 4.69) is 5.32 Å². The van der Waals surface area contributed by atoms with Crippen molar-refractivity contribution in [3.63, 3.8) is 0 Å².